The fraction of sp³-hybridized carbons (Fsp3) is 0.414. The van der Waals surface area contributed by atoms with Gasteiger partial charge in [0.2, 0.25) is 0 Å². The summed E-state index contributed by atoms with van der Waals surface area (Å²) in [5.41, 5.74) is -1.89. The summed E-state index contributed by atoms with van der Waals surface area (Å²) >= 11 is 0. The van der Waals surface area contributed by atoms with E-state index in [9.17, 15) is 44.2 Å². The molecule has 47 heavy (non-hydrogen) atoms. The van der Waals surface area contributed by atoms with Gasteiger partial charge in [0.15, 0.2) is 34.6 Å². The quantitative estimate of drug-likeness (QED) is 0.129. The monoisotopic (exact) mass is 658 g/mol. The minimum Gasteiger partial charge on any atom is -0.493 e. The van der Waals surface area contributed by atoms with E-state index < -0.39 is 62.9 Å². The van der Waals surface area contributed by atoms with Crippen molar-refractivity contribution in [1.82, 2.24) is 9.80 Å². The Balaban J connectivity index is 1.46. The lowest BCUT2D eigenvalue weighted by Crippen LogP contribution is -2.41. The van der Waals surface area contributed by atoms with Crippen molar-refractivity contribution in [3.8, 4) is 23.0 Å². The summed E-state index contributed by atoms with van der Waals surface area (Å²) in [6, 6.07) is 3.05. The van der Waals surface area contributed by atoms with E-state index in [2.05, 4.69) is 4.74 Å². The second kappa shape index (κ2) is 14.5. The summed E-state index contributed by atoms with van der Waals surface area (Å²) in [4.78, 5) is 86.2. The van der Waals surface area contributed by atoms with Crippen LogP contribution in [0.5, 0.6) is 23.0 Å². The van der Waals surface area contributed by atoms with Gasteiger partial charge in [-0.05, 0) is 0 Å². The van der Waals surface area contributed by atoms with Crippen molar-refractivity contribution in [2.45, 2.75) is 25.3 Å². The lowest BCUT2D eigenvalue weighted by Gasteiger charge is -2.22. The number of hydrogen-bond donors (Lipinski definition) is 0. The number of likely N-dealkylation sites (tertiary alicyclic amines) is 2. The maximum Gasteiger partial charge on any atom is 0.329 e. The molecule has 2 aromatic carbocycles. The van der Waals surface area contributed by atoms with Crippen LogP contribution in [-0.4, -0.2) is 109 Å². The predicted molar refractivity (Wildman–Crippen MR) is 157 cm³/mol. The molecule has 2 aromatic rings. The van der Waals surface area contributed by atoms with Crippen molar-refractivity contribution in [2.24, 2.45) is 0 Å². The van der Waals surface area contributed by atoms with Gasteiger partial charge in [0.05, 0.1) is 69.6 Å². The zero-order valence-corrected chi connectivity index (χ0v) is 25.5. The molecule has 1 atom stereocenters. The second-order valence-corrected chi connectivity index (χ2v) is 10.3. The van der Waals surface area contributed by atoms with Gasteiger partial charge in [-0.3, -0.25) is 39.4 Å². The summed E-state index contributed by atoms with van der Waals surface area (Å²) in [6.45, 7) is -0.574. The molecule has 0 saturated carbocycles. The Labute approximate surface area is 266 Å². The number of nitrogens with zero attached hydrogens (tertiary/aromatic N) is 4. The number of nitro groups is 2. The maximum atomic E-state index is 13.3. The molecule has 0 bridgehead atoms. The van der Waals surface area contributed by atoms with E-state index in [0.717, 1.165) is 30.2 Å². The summed E-state index contributed by atoms with van der Waals surface area (Å²) in [5, 5.41) is 23.7. The largest absolute Gasteiger partial charge is 0.493 e. The third kappa shape index (κ3) is 7.37. The highest BCUT2D eigenvalue weighted by molar-refractivity contribution is 6.05. The topological polar surface area (TPSA) is 224 Å². The zero-order chi connectivity index (χ0) is 34.4. The van der Waals surface area contributed by atoms with E-state index >= 15 is 0 Å². The predicted octanol–water partition coefficient (Wildman–Crippen LogP) is 1.74. The normalized spacial score (nSPS) is 15.8. The lowest BCUT2D eigenvalue weighted by molar-refractivity contribution is -0.385. The van der Waals surface area contributed by atoms with E-state index in [1.807, 2.05) is 0 Å². The van der Waals surface area contributed by atoms with Crippen molar-refractivity contribution in [2.75, 3.05) is 54.2 Å². The van der Waals surface area contributed by atoms with Crippen molar-refractivity contribution >= 4 is 40.7 Å². The van der Waals surface area contributed by atoms with Crippen LogP contribution in [0.2, 0.25) is 0 Å². The molecule has 2 fully saturated rings. The molecule has 2 aliphatic rings. The van der Waals surface area contributed by atoms with Gasteiger partial charge in [-0.1, -0.05) is 0 Å². The van der Waals surface area contributed by atoms with Crippen LogP contribution in [0.1, 0.15) is 40.0 Å². The minimum absolute atomic E-state index is 0.0324. The van der Waals surface area contributed by atoms with E-state index in [1.165, 1.54) is 25.2 Å². The number of Topliss-reactive ketones (excluding diaryl/α,β-unsaturated/α-hetero) is 2. The van der Waals surface area contributed by atoms with Crippen molar-refractivity contribution in [3.63, 3.8) is 0 Å². The van der Waals surface area contributed by atoms with Crippen molar-refractivity contribution in [1.29, 1.82) is 0 Å². The van der Waals surface area contributed by atoms with E-state index in [-0.39, 0.29) is 79.9 Å². The number of rotatable bonds is 13. The molecule has 1 unspecified atom stereocenters. The van der Waals surface area contributed by atoms with Gasteiger partial charge < -0.3 is 33.5 Å². The summed E-state index contributed by atoms with van der Waals surface area (Å²) in [5.74, 6) is -3.16. The molecular weight excluding hydrogens is 628 g/mol. The van der Waals surface area contributed by atoms with Gasteiger partial charge in [-0.15, -0.1) is 0 Å². The maximum absolute atomic E-state index is 13.3. The molecule has 2 saturated heterocycles. The minimum atomic E-state index is -1.23. The highest BCUT2D eigenvalue weighted by Crippen LogP contribution is 2.38. The molecule has 2 heterocycles. The SMILES string of the molecule is COC(=O)C1CC(=O)CN1C(=O)c1cc(OC)c(OCCCOc2cc([N+](=O)[O-])c(C(=O)N3CCC(=O)C3)cc2OC)cc1[N+](=O)[O-]. The molecule has 250 valence electrons. The Kier molecular flexibility index (Phi) is 10.5. The third-order valence-electron chi connectivity index (χ3n) is 7.41. The van der Waals surface area contributed by atoms with Gasteiger partial charge in [-0.25, -0.2) is 4.79 Å². The van der Waals surface area contributed by atoms with Crippen molar-refractivity contribution in [3.05, 3.63) is 55.6 Å². The number of ketones is 2. The number of nitro benzene ring substituents is 2. The first-order valence-corrected chi connectivity index (χ1v) is 14.1. The van der Waals surface area contributed by atoms with Gasteiger partial charge in [0.1, 0.15) is 17.2 Å². The van der Waals surface area contributed by atoms with Crippen LogP contribution in [0.3, 0.4) is 0 Å². The number of esters is 1. The highest BCUT2D eigenvalue weighted by Gasteiger charge is 2.42. The molecule has 18 nitrogen and oxygen atoms in total. The zero-order valence-electron chi connectivity index (χ0n) is 25.5. The fourth-order valence-electron chi connectivity index (χ4n) is 5.09. The van der Waals surface area contributed by atoms with Gasteiger partial charge in [0, 0.05) is 37.9 Å². The number of amides is 2. The number of hydrogen-bond acceptors (Lipinski definition) is 14. The Bertz CT molecular complexity index is 1640. The standard InChI is InChI=1S/C29H30N4O14/c1-43-23-10-18(27(36)30-6-5-16(34)14-30)20(32(39)40)12-25(23)46-7-4-8-47-26-13-21(33(41)42)19(11-24(26)44-2)28(37)31-15-17(35)9-22(31)29(38)45-3/h10-13,22H,4-9,14-15H2,1-3H3. The van der Waals surface area contributed by atoms with Crippen LogP contribution >= 0.6 is 0 Å². The van der Waals surface area contributed by atoms with E-state index in [1.54, 1.807) is 0 Å². The Hall–Kier alpha value is -5.81. The van der Waals surface area contributed by atoms with Crippen LogP contribution in [0.4, 0.5) is 11.4 Å². The molecule has 0 spiro atoms. The molecule has 0 radical (unpaired) electrons. The molecule has 4 rings (SSSR count). The first kappa shape index (κ1) is 34.1. The lowest BCUT2D eigenvalue weighted by atomic mass is 10.1. The fourth-order valence-corrected chi connectivity index (χ4v) is 5.09. The number of ether oxygens (including phenoxy) is 5. The second-order valence-electron chi connectivity index (χ2n) is 10.3. The van der Waals surface area contributed by atoms with Crippen molar-refractivity contribution < 1.29 is 57.5 Å². The Morgan fingerprint density at radius 3 is 1.77 bits per heavy atom. The van der Waals surface area contributed by atoms with Crippen LogP contribution in [0.15, 0.2) is 24.3 Å². The summed E-state index contributed by atoms with van der Waals surface area (Å²) in [7, 11) is 3.63. The third-order valence-corrected chi connectivity index (χ3v) is 7.41. The molecule has 0 N–H and O–H groups in total. The Morgan fingerprint density at radius 2 is 1.32 bits per heavy atom. The number of methoxy groups -OCH3 is 3. The Morgan fingerprint density at radius 1 is 0.787 bits per heavy atom. The molecular formula is C29H30N4O14. The van der Waals surface area contributed by atoms with Crippen LogP contribution in [0, 0.1) is 20.2 Å². The molecule has 0 aromatic heterocycles. The van der Waals surface area contributed by atoms with Gasteiger partial charge in [0.25, 0.3) is 23.2 Å². The first-order chi connectivity index (χ1) is 22.4. The van der Waals surface area contributed by atoms with Crippen LogP contribution in [-0.2, 0) is 19.1 Å². The number of carbonyl (C=O) groups excluding carboxylic acids is 5. The highest BCUT2D eigenvalue weighted by atomic mass is 16.6. The number of carbonyl (C=O) groups is 5. The molecule has 18 heteroatoms. The van der Waals surface area contributed by atoms with Gasteiger partial charge >= 0.3 is 5.97 Å². The van der Waals surface area contributed by atoms with E-state index in [4.69, 9.17) is 18.9 Å². The average Bonchev–Trinajstić information content (AvgIpc) is 3.67. The first-order valence-electron chi connectivity index (χ1n) is 14.1. The average molecular weight is 659 g/mol. The number of benzene rings is 2. The molecule has 0 aliphatic carbocycles. The van der Waals surface area contributed by atoms with Gasteiger partial charge in [-0.2, -0.15) is 0 Å². The molecule has 2 aliphatic heterocycles. The summed E-state index contributed by atoms with van der Waals surface area (Å²) < 4.78 is 26.5. The molecule has 2 amide bonds. The summed E-state index contributed by atoms with van der Waals surface area (Å²) in [6.07, 6.45) is 0.0381. The van der Waals surface area contributed by atoms with Crippen LogP contribution < -0.4 is 18.9 Å². The van der Waals surface area contributed by atoms with Crippen LogP contribution in [0.25, 0.3) is 0 Å². The van der Waals surface area contributed by atoms with E-state index in [0.29, 0.717) is 0 Å². The smallest absolute Gasteiger partial charge is 0.329 e.